The standard InChI is InChI=1S/C46H60N2O2Si2/c1-29-45(3,4)37-27-35(31-19-13-15-21-33(31)41(37)47(29)23-17-25-51(7,8)9)39-43(49)40(44(39)50)36-28-38-42(34-22-16-14-20-32(34)36)48(30(2)46(38,5)6)24-18-26-52(10,11)12/h13-16,19-22,27-30H,17-18,23-26H2,1-12H3. The van der Waals surface area contributed by atoms with E-state index < -0.39 is 16.1 Å². The van der Waals surface area contributed by atoms with Crippen molar-refractivity contribution in [2.45, 2.75) is 129 Å². The van der Waals surface area contributed by atoms with Crippen molar-refractivity contribution < 1.29 is 9.90 Å². The molecule has 4 nitrogen and oxygen atoms in total. The van der Waals surface area contributed by atoms with E-state index in [1.54, 1.807) is 0 Å². The number of anilines is 1. The third-order valence-electron chi connectivity index (χ3n) is 13.1. The third-order valence-corrected chi connectivity index (χ3v) is 16.8. The van der Waals surface area contributed by atoms with Gasteiger partial charge in [0, 0.05) is 68.4 Å². The molecule has 4 aromatic rings. The first-order chi connectivity index (χ1) is 24.3. The fourth-order valence-corrected chi connectivity index (χ4v) is 11.8. The molecule has 7 rings (SSSR count). The fourth-order valence-electron chi connectivity index (χ4n) is 9.40. The van der Waals surface area contributed by atoms with Gasteiger partial charge in [-0.1, -0.05) is 113 Å². The van der Waals surface area contributed by atoms with Crippen molar-refractivity contribution in [2.24, 2.45) is 0 Å². The zero-order valence-electron chi connectivity index (χ0n) is 33.9. The topological polar surface area (TPSA) is 46.4 Å². The largest absolute Gasteiger partial charge is 0.871 e. The summed E-state index contributed by atoms with van der Waals surface area (Å²) >= 11 is 0. The second-order valence-electron chi connectivity index (χ2n) is 19.7. The molecular formula is C46H60N2O2Si2. The van der Waals surface area contributed by atoms with Crippen LogP contribution in [-0.2, 0) is 15.6 Å². The first-order valence-corrected chi connectivity index (χ1v) is 27.2. The van der Waals surface area contributed by atoms with Crippen molar-refractivity contribution in [2.75, 3.05) is 18.0 Å². The van der Waals surface area contributed by atoms with Gasteiger partial charge in [0.15, 0.2) is 11.8 Å². The molecule has 6 heteroatoms. The third kappa shape index (κ3) is 5.83. The quantitative estimate of drug-likeness (QED) is 0.128. The van der Waals surface area contributed by atoms with Crippen LogP contribution in [0.3, 0.4) is 0 Å². The van der Waals surface area contributed by atoms with E-state index in [2.05, 4.69) is 139 Å². The van der Waals surface area contributed by atoms with Crippen molar-refractivity contribution >= 4 is 60.3 Å². The number of carbonyl (C=O) groups is 1. The highest BCUT2D eigenvalue weighted by molar-refractivity contribution is 6.76. The number of hydrogen-bond donors (Lipinski definition) is 0. The minimum Gasteiger partial charge on any atom is -0.871 e. The summed E-state index contributed by atoms with van der Waals surface area (Å²) in [5, 5.41) is 21.0. The molecule has 3 aliphatic rings. The number of nitrogens with zero attached hydrogens (tertiary/aromatic N) is 2. The van der Waals surface area contributed by atoms with Gasteiger partial charge in [0.05, 0.1) is 10.8 Å². The lowest BCUT2D eigenvalue weighted by molar-refractivity contribution is -0.292. The Kier molecular flexibility index (Phi) is 8.89. The number of rotatable bonds is 9. The van der Waals surface area contributed by atoms with Crippen molar-refractivity contribution in [1.29, 1.82) is 0 Å². The number of fused-ring (bicyclic) bond motifs is 6. The maximum absolute atomic E-state index is 14.6. The maximum Gasteiger partial charge on any atom is 0.212 e. The number of hydrogen-bond acceptors (Lipinski definition) is 3. The Morgan fingerprint density at radius 1 is 0.731 bits per heavy atom. The second-order valence-corrected chi connectivity index (χ2v) is 30.9. The van der Waals surface area contributed by atoms with Crippen LogP contribution in [0.5, 0.6) is 0 Å². The Labute approximate surface area is 314 Å². The number of allylic oxidation sites excluding steroid dienone is 2. The molecule has 0 saturated carbocycles. The molecule has 0 bridgehead atoms. The van der Waals surface area contributed by atoms with Crippen LogP contribution in [0.4, 0.5) is 5.69 Å². The molecule has 0 amide bonds. The molecule has 52 heavy (non-hydrogen) atoms. The van der Waals surface area contributed by atoms with Crippen molar-refractivity contribution in [1.82, 2.24) is 4.58 Å². The predicted molar refractivity (Wildman–Crippen MR) is 226 cm³/mol. The van der Waals surface area contributed by atoms with Gasteiger partial charge in [-0.2, -0.15) is 0 Å². The molecule has 0 fully saturated rings. The molecule has 0 aromatic heterocycles. The van der Waals surface area contributed by atoms with E-state index in [4.69, 9.17) is 0 Å². The van der Waals surface area contributed by atoms with E-state index in [9.17, 15) is 9.90 Å². The van der Waals surface area contributed by atoms with E-state index in [1.165, 1.54) is 47.1 Å². The van der Waals surface area contributed by atoms with E-state index in [0.717, 1.165) is 45.4 Å². The lowest BCUT2D eigenvalue weighted by Gasteiger charge is -2.33. The highest BCUT2D eigenvalue weighted by Crippen LogP contribution is 2.52. The second kappa shape index (κ2) is 12.5. The minimum atomic E-state index is -1.16. The Morgan fingerprint density at radius 2 is 1.31 bits per heavy atom. The van der Waals surface area contributed by atoms with Crippen LogP contribution >= 0.6 is 0 Å². The summed E-state index contributed by atoms with van der Waals surface area (Å²) in [6.07, 6.45) is 2.36. The number of benzene rings is 4. The lowest BCUT2D eigenvalue weighted by atomic mass is 9.75. The number of Topliss-reactive ketones (excluding diaryl/α,β-unsaturated/α-hetero) is 1. The lowest BCUT2D eigenvalue weighted by Crippen LogP contribution is -2.40. The summed E-state index contributed by atoms with van der Waals surface area (Å²) < 4.78 is 2.61. The van der Waals surface area contributed by atoms with Gasteiger partial charge in [-0.3, -0.25) is 4.79 Å². The summed E-state index contributed by atoms with van der Waals surface area (Å²) in [5.74, 6) is -0.237. The first kappa shape index (κ1) is 36.9. The van der Waals surface area contributed by atoms with Gasteiger partial charge >= 0.3 is 0 Å². The Hall–Kier alpha value is -3.49. The SMILES string of the molecule is CC1N(CCC[Si](C)(C)C)c2c(cc(C3=C([O-])/C(=c4/cc5c(c6ccccc46)=[N+](CCC[Si](C)(C)C)C(C)C5(C)C)C3=O)c3ccccc23)C1(C)C. The van der Waals surface area contributed by atoms with Crippen LogP contribution in [0, 0.1) is 0 Å². The molecule has 4 aromatic carbocycles. The Balaban J connectivity index is 1.41. The van der Waals surface area contributed by atoms with Gasteiger partial charge in [0.1, 0.15) is 6.54 Å². The van der Waals surface area contributed by atoms with Crippen LogP contribution in [0.1, 0.15) is 71.1 Å². The van der Waals surface area contributed by atoms with E-state index in [-0.39, 0.29) is 22.4 Å². The molecule has 274 valence electrons. The average Bonchev–Trinajstić information content (AvgIpc) is 3.38. The van der Waals surface area contributed by atoms with Gasteiger partial charge < -0.3 is 10.0 Å². The van der Waals surface area contributed by atoms with Gasteiger partial charge in [-0.15, -0.1) is 0 Å². The molecule has 2 heterocycles. The van der Waals surface area contributed by atoms with E-state index in [0.29, 0.717) is 23.2 Å². The van der Waals surface area contributed by atoms with Crippen LogP contribution in [0.15, 0.2) is 66.4 Å². The van der Waals surface area contributed by atoms with Crippen molar-refractivity contribution in [3.8, 4) is 0 Å². The summed E-state index contributed by atoms with van der Waals surface area (Å²) in [4.78, 5) is 17.2. The normalized spacial score (nSPS) is 22.0. The number of ketones is 1. The zero-order chi connectivity index (χ0) is 37.7. The molecule has 2 unspecified atom stereocenters. The smallest absolute Gasteiger partial charge is 0.212 e. The van der Waals surface area contributed by atoms with Gasteiger partial charge in [0.25, 0.3) is 0 Å². The molecule has 0 N–H and O–H groups in total. The Morgan fingerprint density at radius 3 is 1.92 bits per heavy atom. The molecule has 2 aliphatic heterocycles. The van der Waals surface area contributed by atoms with Crippen LogP contribution in [0.2, 0.25) is 51.4 Å². The van der Waals surface area contributed by atoms with Crippen LogP contribution in [-0.4, -0.2) is 47.1 Å². The highest BCUT2D eigenvalue weighted by Gasteiger charge is 2.46. The van der Waals surface area contributed by atoms with E-state index >= 15 is 0 Å². The van der Waals surface area contributed by atoms with E-state index in [1.807, 2.05) is 12.1 Å². The Bertz CT molecular complexity index is 2300. The number of carbonyl (C=O) groups excluding carboxylic acids is 1. The maximum atomic E-state index is 14.6. The highest BCUT2D eigenvalue weighted by atomic mass is 28.3. The zero-order valence-corrected chi connectivity index (χ0v) is 35.9. The van der Waals surface area contributed by atoms with Crippen molar-refractivity contribution in [3.63, 3.8) is 0 Å². The first-order valence-electron chi connectivity index (χ1n) is 19.8. The van der Waals surface area contributed by atoms with Gasteiger partial charge in [-0.05, 0) is 79.4 Å². The summed E-state index contributed by atoms with van der Waals surface area (Å²) in [5.41, 5.74) is 5.01. The molecule has 1 aliphatic carbocycles. The predicted octanol–water partition coefficient (Wildman–Crippen LogP) is 8.61. The molecule has 0 spiro atoms. The summed E-state index contributed by atoms with van der Waals surface area (Å²) in [6.45, 7) is 30.7. The summed E-state index contributed by atoms with van der Waals surface area (Å²) in [7, 11) is -2.32. The van der Waals surface area contributed by atoms with Crippen molar-refractivity contribution in [3.05, 3.63) is 93.7 Å². The van der Waals surface area contributed by atoms with Gasteiger partial charge in [0.2, 0.25) is 5.36 Å². The van der Waals surface area contributed by atoms with Crippen LogP contribution < -0.4 is 25.2 Å². The summed E-state index contributed by atoms with van der Waals surface area (Å²) in [6, 6.07) is 24.5. The fraction of sp³-hybridized carbons (Fsp3) is 0.478. The monoisotopic (exact) mass is 728 g/mol. The molecule has 0 radical (unpaired) electrons. The minimum absolute atomic E-state index is 0.119. The molecule has 2 atom stereocenters. The van der Waals surface area contributed by atoms with Crippen LogP contribution in [0.25, 0.3) is 32.7 Å². The van der Waals surface area contributed by atoms with Gasteiger partial charge in [-0.25, -0.2) is 4.58 Å². The molecule has 0 saturated heterocycles. The average molecular weight is 729 g/mol. The molecular weight excluding hydrogens is 669 g/mol.